The molecule has 80 valence electrons. The standard InChI is InChI=1S/C11H12O4/c1-7-8(6-10(12)13)4-3-5-9(7)11(14)15-2/h3-5H,6H2,1-2H3,(H,12,13). The smallest absolute Gasteiger partial charge is 0.338 e. The van der Waals surface area contributed by atoms with E-state index in [1.54, 1.807) is 25.1 Å². The van der Waals surface area contributed by atoms with E-state index in [-0.39, 0.29) is 6.42 Å². The van der Waals surface area contributed by atoms with Gasteiger partial charge in [0.1, 0.15) is 0 Å². The predicted molar refractivity (Wildman–Crippen MR) is 53.9 cm³/mol. The fourth-order valence-corrected chi connectivity index (χ4v) is 1.37. The van der Waals surface area contributed by atoms with Crippen LogP contribution in [0, 0.1) is 6.92 Å². The molecule has 0 saturated heterocycles. The lowest BCUT2D eigenvalue weighted by atomic mass is 10.0. The number of esters is 1. The van der Waals surface area contributed by atoms with Gasteiger partial charge in [-0.05, 0) is 24.1 Å². The number of hydrogen-bond acceptors (Lipinski definition) is 3. The maximum atomic E-state index is 11.3. The molecule has 0 spiro atoms. The van der Waals surface area contributed by atoms with Gasteiger partial charge in [0.05, 0.1) is 19.1 Å². The first-order valence-electron chi connectivity index (χ1n) is 4.45. The van der Waals surface area contributed by atoms with Gasteiger partial charge in [0.2, 0.25) is 0 Å². The SMILES string of the molecule is COC(=O)c1cccc(CC(=O)O)c1C. The van der Waals surface area contributed by atoms with E-state index in [1.165, 1.54) is 7.11 Å². The Balaban J connectivity index is 3.11. The van der Waals surface area contributed by atoms with Crippen LogP contribution in [0.2, 0.25) is 0 Å². The molecule has 0 amide bonds. The van der Waals surface area contributed by atoms with E-state index in [1.807, 2.05) is 0 Å². The second kappa shape index (κ2) is 4.59. The Kier molecular flexibility index (Phi) is 3.44. The summed E-state index contributed by atoms with van der Waals surface area (Å²) in [5, 5.41) is 8.66. The van der Waals surface area contributed by atoms with E-state index in [0.717, 1.165) is 0 Å². The third-order valence-corrected chi connectivity index (χ3v) is 2.19. The van der Waals surface area contributed by atoms with Crippen molar-refractivity contribution in [3.05, 3.63) is 34.9 Å². The molecule has 0 radical (unpaired) electrons. The molecule has 1 N–H and O–H groups in total. The number of carbonyl (C=O) groups excluding carboxylic acids is 1. The van der Waals surface area contributed by atoms with Gasteiger partial charge < -0.3 is 9.84 Å². The van der Waals surface area contributed by atoms with Gasteiger partial charge in [-0.3, -0.25) is 4.79 Å². The van der Waals surface area contributed by atoms with Gasteiger partial charge in [0.15, 0.2) is 0 Å². The number of carbonyl (C=O) groups is 2. The average molecular weight is 208 g/mol. The van der Waals surface area contributed by atoms with E-state index in [4.69, 9.17) is 5.11 Å². The molecule has 0 unspecified atom stereocenters. The summed E-state index contributed by atoms with van der Waals surface area (Å²) in [6.45, 7) is 1.71. The third kappa shape index (κ3) is 2.56. The van der Waals surface area contributed by atoms with Crippen molar-refractivity contribution in [3.63, 3.8) is 0 Å². The fourth-order valence-electron chi connectivity index (χ4n) is 1.37. The van der Waals surface area contributed by atoms with E-state index < -0.39 is 11.9 Å². The highest BCUT2D eigenvalue weighted by Gasteiger charge is 2.12. The summed E-state index contributed by atoms with van der Waals surface area (Å²) in [5.74, 6) is -1.36. The summed E-state index contributed by atoms with van der Waals surface area (Å²) in [4.78, 5) is 21.9. The average Bonchev–Trinajstić information content (AvgIpc) is 2.19. The zero-order chi connectivity index (χ0) is 11.4. The van der Waals surface area contributed by atoms with Crippen molar-refractivity contribution in [2.24, 2.45) is 0 Å². The number of rotatable bonds is 3. The molecule has 0 aliphatic rings. The van der Waals surface area contributed by atoms with Crippen molar-refractivity contribution in [3.8, 4) is 0 Å². The number of ether oxygens (including phenoxy) is 1. The van der Waals surface area contributed by atoms with Crippen LogP contribution < -0.4 is 0 Å². The van der Waals surface area contributed by atoms with Crippen LogP contribution in [0.15, 0.2) is 18.2 Å². The van der Waals surface area contributed by atoms with Gasteiger partial charge >= 0.3 is 11.9 Å². The summed E-state index contributed by atoms with van der Waals surface area (Å²) in [6.07, 6.45) is -0.0866. The summed E-state index contributed by atoms with van der Waals surface area (Å²) < 4.78 is 4.59. The van der Waals surface area contributed by atoms with Gasteiger partial charge in [-0.2, -0.15) is 0 Å². The largest absolute Gasteiger partial charge is 0.481 e. The van der Waals surface area contributed by atoms with E-state index >= 15 is 0 Å². The van der Waals surface area contributed by atoms with Crippen LogP contribution in [0.25, 0.3) is 0 Å². The number of carboxylic acids is 1. The summed E-state index contributed by atoms with van der Waals surface area (Å²) in [5.41, 5.74) is 1.70. The molecule has 0 aliphatic carbocycles. The Morgan fingerprint density at radius 1 is 1.40 bits per heavy atom. The molecule has 4 heteroatoms. The molecular weight excluding hydrogens is 196 g/mol. The quantitative estimate of drug-likeness (QED) is 0.763. The third-order valence-electron chi connectivity index (χ3n) is 2.19. The van der Waals surface area contributed by atoms with Crippen LogP contribution in [0.5, 0.6) is 0 Å². The number of benzene rings is 1. The van der Waals surface area contributed by atoms with Crippen LogP contribution in [0.1, 0.15) is 21.5 Å². The van der Waals surface area contributed by atoms with Crippen molar-refractivity contribution in [1.82, 2.24) is 0 Å². The molecule has 0 bridgehead atoms. The Morgan fingerprint density at radius 2 is 2.07 bits per heavy atom. The van der Waals surface area contributed by atoms with Crippen LogP contribution in [-0.4, -0.2) is 24.2 Å². The van der Waals surface area contributed by atoms with Crippen molar-refractivity contribution in [2.75, 3.05) is 7.11 Å². The first-order chi connectivity index (χ1) is 7.06. The summed E-state index contributed by atoms with van der Waals surface area (Å²) >= 11 is 0. The minimum atomic E-state index is -0.917. The molecule has 1 rings (SSSR count). The Morgan fingerprint density at radius 3 is 2.60 bits per heavy atom. The van der Waals surface area contributed by atoms with Crippen LogP contribution in [0.4, 0.5) is 0 Å². The van der Waals surface area contributed by atoms with E-state index in [0.29, 0.717) is 16.7 Å². The summed E-state index contributed by atoms with van der Waals surface area (Å²) in [6, 6.07) is 4.96. The van der Waals surface area contributed by atoms with Crippen molar-refractivity contribution in [2.45, 2.75) is 13.3 Å². The van der Waals surface area contributed by atoms with E-state index in [9.17, 15) is 9.59 Å². The second-order valence-corrected chi connectivity index (χ2v) is 3.15. The zero-order valence-electron chi connectivity index (χ0n) is 8.61. The molecule has 4 nitrogen and oxygen atoms in total. The predicted octanol–water partition coefficient (Wildman–Crippen LogP) is 1.41. The highest BCUT2D eigenvalue weighted by atomic mass is 16.5. The highest BCUT2D eigenvalue weighted by molar-refractivity contribution is 5.91. The molecule has 0 fully saturated rings. The molecule has 0 atom stereocenters. The Labute approximate surface area is 87.5 Å². The van der Waals surface area contributed by atoms with Crippen LogP contribution in [-0.2, 0) is 16.0 Å². The van der Waals surface area contributed by atoms with Crippen LogP contribution >= 0.6 is 0 Å². The van der Waals surface area contributed by atoms with Crippen molar-refractivity contribution >= 4 is 11.9 Å². The number of hydrogen-bond donors (Lipinski definition) is 1. The van der Waals surface area contributed by atoms with Crippen molar-refractivity contribution in [1.29, 1.82) is 0 Å². The molecule has 0 aliphatic heterocycles. The lowest BCUT2D eigenvalue weighted by molar-refractivity contribution is -0.136. The van der Waals surface area contributed by atoms with Gasteiger partial charge in [-0.1, -0.05) is 12.1 Å². The maximum absolute atomic E-state index is 11.3. The lowest BCUT2D eigenvalue weighted by Gasteiger charge is -2.07. The number of aliphatic carboxylic acids is 1. The van der Waals surface area contributed by atoms with Crippen LogP contribution in [0.3, 0.4) is 0 Å². The molecule has 0 saturated carbocycles. The monoisotopic (exact) mass is 208 g/mol. The molecule has 1 aromatic carbocycles. The fraction of sp³-hybridized carbons (Fsp3) is 0.273. The number of carboxylic acid groups (broad SMARTS) is 1. The minimum absolute atomic E-state index is 0.0866. The molecular formula is C11H12O4. The van der Waals surface area contributed by atoms with Gasteiger partial charge in [0, 0.05) is 0 Å². The zero-order valence-corrected chi connectivity index (χ0v) is 8.61. The normalized spacial score (nSPS) is 9.73. The number of methoxy groups -OCH3 is 1. The molecule has 1 aromatic rings. The molecule has 0 aromatic heterocycles. The van der Waals surface area contributed by atoms with Crippen molar-refractivity contribution < 1.29 is 19.4 Å². The molecule has 15 heavy (non-hydrogen) atoms. The maximum Gasteiger partial charge on any atom is 0.338 e. The molecule has 0 heterocycles. The Bertz CT molecular complexity index is 396. The first-order valence-corrected chi connectivity index (χ1v) is 4.45. The highest BCUT2D eigenvalue weighted by Crippen LogP contribution is 2.15. The topological polar surface area (TPSA) is 63.6 Å². The summed E-state index contributed by atoms with van der Waals surface area (Å²) in [7, 11) is 1.30. The van der Waals surface area contributed by atoms with E-state index in [2.05, 4.69) is 4.74 Å². The van der Waals surface area contributed by atoms with Gasteiger partial charge in [-0.15, -0.1) is 0 Å². The first kappa shape index (κ1) is 11.2. The van der Waals surface area contributed by atoms with Gasteiger partial charge in [-0.25, -0.2) is 4.79 Å². The Hall–Kier alpha value is -1.84. The second-order valence-electron chi connectivity index (χ2n) is 3.15. The minimum Gasteiger partial charge on any atom is -0.481 e. The lowest BCUT2D eigenvalue weighted by Crippen LogP contribution is -2.08. The van der Waals surface area contributed by atoms with Gasteiger partial charge in [0.25, 0.3) is 0 Å².